The minimum absolute atomic E-state index is 0.00438. The van der Waals surface area contributed by atoms with Gasteiger partial charge in [0, 0.05) is 25.4 Å². The number of amides is 2. The minimum atomic E-state index is -1.06. The van der Waals surface area contributed by atoms with Gasteiger partial charge in [0.05, 0.1) is 13.2 Å². The van der Waals surface area contributed by atoms with Gasteiger partial charge in [-0.25, -0.2) is 9.59 Å². The molecule has 0 spiro atoms. The zero-order chi connectivity index (χ0) is 25.2. The van der Waals surface area contributed by atoms with E-state index in [1.54, 1.807) is 0 Å². The molecule has 9 heteroatoms. The summed E-state index contributed by atoms with van der Waals surface area (Å²) in [6, 6.07) is 15.3. The van der Waals surface area contributed by atoms with Crippen LogP contribution in [0.15, 0.2) is 48.5 Å². The number of ether oxygens (including phenoxy) is 2. The molecule has 2 amide bonds. The van der Waals surface area contributed by atoms with Gasteiger partial charge in [0.2, 0.25) is 5.91 Å². The van der Waals surface area contributed by atoms with Crippen LogP contribution in [0.1, 0.15) is 29.9 Å². The normalized spacial score (nSPS) is 13.1. The van der Waals surface area contributed by atoms with E-state index >= 15 is 0 Å². The van der Waals surface area contributed by atoms with Crippen LogP contribution in [0.25, 0.3) is 11.1 Å². The van der Waals surface area contributed by atoms with Crippen molar-refractivity contribution in [3.63, 3.8) is 0 Å². The predicted molar refractivity (Wildman–Crippen MR) is 131 cm³/mol. The van der Waals surface area contributed by atoms with Gasteiger partial charge in [0.25, 0.3) is 0 Å². The fraction of sp³-hybridized carbons (Fsp3) is 0.423. The van der Waals surface area contributed by atoms with E-state index in [0.29, 0.717) is 13.0 Å². The van der Waals surface area contributed by atoms with Gasteiger partial charge in [-0.15, -0.1) is 0 Å². The van der Waals surface area contributed by atoms with E-state index in [-0.39, 0.29) is 44.6 Å². The molecule has 3 rings (SSSR count). The van der Waals surface area contributed by atoms with Crippen molar-refractivity contribution < 1.29 is 29.0 Å². The lowest BCUT2D eigenvalue weighted by Gasteiger charge is -2.17. The van der Waals surface area contributed by atoms with Crippen LogP contribution < -0.4 is 10.6 Å². The molecule has 188 valence electrons. The third-order valence-electron chi connectivity index (χ3n) is 5.83. The number of carboxylic acid groups (broad SMARTS) is 1. The highest BCUT2D eigenvalue weighted by molar-refractivity contribution is 5.83. The van der Waals surface area contributed by atoms with Gasteiger partial charge in [-0.2, -0.15) is 0 Å². The molecule has 2 aromatic carbocycles. The minimum Gasteiger partial charge on any atom is -0.480 e. The molecule has 0 saturated heterocycles. The number of carboxylic acids is 1. The van der Waals surface area contributed by atoms with Gasteiger partial charge in [-0.1, -0.05) is 48.5 Å². The second-order valence-electron chi connectivity index (χ2n) is 8.66. The number of hydrogen-bond acceptors (Lipinski definition) is 6. The lowest BCUT2D eigenvalue weighted by atomic mass is 9.98. The Labute approximate surface area is 205 Å². The smallest absolute Gasteiger partial charge is 0.407 e. The summed E-state index contributed by atoms with van der Waals surface area (Å²) in [6.45, 7) is 1.35. The summed E-state index contributed by atoms with van der Waals surface area (Å²) in [6.07, 6.45) is -0.172. The molecule has 0 bridgehead atoms. The number of alkyl carbamates (subject to hydrolysis) is 1. The quantitative estimate of drug-likeness (QED) is 0.375. The molecule has 1 atom stereocenters. The highest BCUT2D eigenvalue weighted by atomic mass is 16.5. The maximum Gasteiger partial charge on any atom is 0.407 e. The van der Waals surface area contributed by atoms with Crippen molar-refractivity contribution in [2.24, 2.45) is 0 Å². The fourth-order valence-corrected chi connectivity index (χ4v) is 4.05. The number of nitrogens with zero attached hydrogens (tertiary/aromatic N) is 1. The van der Waals surface area contributed by atoms with Crippen molar-refractivity contribution in [3.05, 3.63) is 59.7 Å². The highest BCUT2D eigenvalue weighted by Gasteiger charge is 2.29. The van der Waals surface area contributed by atoms with Crippen LogP contribution in [0.3, 0.4) is 0 Å². The Balaban J connectivity index is 1.32. The van der Waals surface area contributed by atoms with Crippen molar-refractivity contribution in [2.45, 2.75) is 24.8 Å². The molecule has 0 heterocycles. The summed E-state index contributed by atoms with van der Waals surface area (Å²) < 4.78 is 10.8. The summed E-state index contributed by atoms with van der Waals surface area (Å²) in [5.74, 6) is -1.45. The van der Waals surface area contributed by atoms with Gasteiger partial charge < -0.3 is 30.1 Å². The van der Waals surface area contributed by atoms with Crippen molar-refractivity contribution >= 4 is 18.0 Å². The molecule has 3 N–H and O–H groups in total. The maximum atomic E-state index is 12.1. The Kier molecular flexibility index (Phi) is 9.63. The molecule has 1 aliphatic carbocycles. The number of fused-ring (bicyclic) bond motifs is 3. The summed E-state index contributed by atoms with van der Waals surface area (Å²) in [7, 11) is 3.68. The van der Waals surface area contributed by atoms with Gasteiger partial charge in [-0.05, 0) is 42.8 Å². The molecule has 1 unspecified atom stereocenters. The number of nitrogens with one attached hydrogen (secondary N) is 2. The summed E-state index contributed by atoms with van der Waals surface area (Å²) in [5.41, 5.74) is 4.63. The molecule has 0 saturated carbocycles. The molecule has 0 aliphatic heterocycles. The number of rotatable bonds is 13. The van der Waals surface area contributed by atoms with Crippen LogP contribution in [-0.2, 0) is 19.1 Å². The average Bonchev–Trinajstić information content (AvgIpc) is 3.16. The molecule has 2 aromatic rings. The summed E-state index contributed by atoms with van der Waals surface area (Å²) in [5, 5.41) is 14.4. The van der Waals surface area contributed by atoms with Crippen LogP contribution in [0, 0.1) is 0 Å². The Hall–Kier alpha value is -3.43. The Morgan fingerprint density at radius 1 is 1.00 bits per heavy atom. The largest absolute Gasteiger partial charge is 0.480 e. The molecule has 1 aliphatic rings. The van der Waals surface area contributed by atoms with Gasteiger partial charge in [0.15, 0.2) is 0 Å². The van der Waals surface area contributed by atoms with Crippen molar-refractivity contribution in [1.29, 1.82) is 0 Å². The van der Waals surface area contributed by atoms with Crippen LogP contribution in [0.2, 0.25) is 0 Å². The second-order valence-corrected chi connectivity index (χ2v) is 8.66. The van der Waals surface area contributed by atoms with Crippen LogP contribution in [0.5, 0.6) is 0 Å². The van der Waals surface area contributed by atoms with Crippen molar-refractivity contribution in [3.8, 4) is 11.1 Å². The number of carbonyl (C=O) groups excluding carboxylic acids is 2. The lowest BCUT2D eigenvalue weighted by Crippen LogP contribution is -2.42. The van der Waals surface area contributed by atoms with Gasteiger partial charge in [-0.3, -0.25) is 4.79 Å². The Morgan fingerprint density at radius 3 is 2.23 bits per heavy atom. The van der Waals surface area contributed by atoms with Crippen LogP contribution in [0.4, 0.5) is 4.79 Å². The van der Waals surface area contributed by atoms with Gasteiger partial charge >= 0.3 is 12.1 Å². The molecule has 0 aromatic heterocycles. The number of aliphatic carboxylic acids is 1. The first-order chi connectivity index (χ1) is 16.9. The van der Waals surface area contributed by atoms with Crippen LogP contribution in [-0.4, -0.2) is 81.0 Å². The summed E-state index contributed by atoms with van der Waals surface area (Å²) in [4.78, 5) is 37.2. The van der Waals surface area contributed by atoms with E-state index in [9.17, 15) is 19.5 Å². The number of benzene rings is 2. The summed E-state index contributed by atoms with van der Waals surface area (Å²) >= 11 is 0. The highest BCUT2D eigenvalue weighted by Crippen LogP contribution is 2.44. The number of carbonyl (C=O) groups is 3. The van der Waals surface area contributed by atoms with E-state index in [1.807, 2.05) is 43.3 Å². The fourth-order valence-electron chi connectivity index (χ4n) is 4.05. The molecule has 0 fully saturated rings. The number of hydrogen-bond donors (Lipinski definition) is 3. The first-order valence-corrected chi connectivity index (χ1v) is 11.7. The Bertz CT molecular complexity index is 980. The SMILES string of the molecule is CN(C)CCC(NC(=O)CCOCCNC(=O)OCC1c2ccccc2-c2ccccc21)C(=O)O. The van der Waals surface area contributed by atoms with Crippen LogP contribution >= 0.6 is 0 Å². The van der Waals surface area contributed by atoms with Gasteiger partial charge in [0.1, 0.15) is 12.6 Å². The zero-order valence-electron chi connectivity index (χ0n) is 20.2. The van der Waals surface area contributed by atoms with Crippen molar-refractivity contribution in [1.82, 2.24) is 15.5 Å². The second kappa shape index (κ2) is 12.9. The van der Waals surface area contributed by atoms with E-state index in [2.05, 4.69) is 34.9 Å². The molecular formula is C26H33N3O6. The zero-order valence-corrected chi connectivity index (χ0v) is 20.2. The topological polar surface area (TPSA) is 117 Å². The third kappa shape index (κ3) is 7.53. The van der Waals surface area contributed by atoms with E-state index in [1.165, 1.54) is 11.1 Å². The lowest BCUT2D eigenvalue weighted by molar-refractivity contribution is -0.142. The third-order valence-corrected chi connectivity index (χ3v) is 5.83. The van der Waals surface area contributed by atoms with E-state index < -0.39 is 18.1 Å². The first kappa shape index (κ1) is 26.2. The molecule has 35 heavy (non-hydrogen) atoms. The maximum absolute atomic E-state index is 12.1. The standard InChI is InChI=1S/C26H33N3O6/c1-29(2)14-11-23(25(31)32)28-24(30)12-15-34-16-13-27-26(33)35-17-22-20-9-5-3-7-18(20)19-8-4-6-10-21(19)22/h3-10,22-23H,11-17H2,1-2H3,(H,27,33)(H,28,30)(H,31,32). The molecular weight excluding hydrogens is 450 g/mol. The molecule has 0 radical (unpaired) electrons. The Morgan fingerprint density at radius 2 is 1.63 bits per heavy atom. The van der Waals surface area contributed by atoms with Crippen molar-refractivity contribution in [2.75, 3.05) is 47.0 Å². The first-order valence-electron chi connectivity index (χ1n) is 11.7. The monoisotopic (exact) mass is 483 g/mol. The average molecular weight is 484 g/mol. The predicted octanol–water partition coefficient (Wildman–Crippen LogP) is 2.45. The van der Waals surface area contributed by atoms with E-state index in [0.717, 1.165) is 11.1 Å². The van der Waals surface area contributed by atoms with E-state index in [4.69, 9.17) is 9.47 Å². The molecule has 9 nitrogen and oxygen atoms in total.